The van der Waals surface area contributed by atoms with Gasteiger partial charge in [-0.15, -0.1) is 0 Å². The van der Waals surface area contributed by atoms with Crippen molar-refractivity contribution in [1.82, 2.24) is 0 Å². The van der Waals surface area contributed by atoms with Gasteiger partial charge in [-0.05, 0) is 66.3 Å². The lowest BCUT2D eigenvalue weighted by atomic mass is 9.46. The minimum Gasteiger partial charge on any atom is -0.391 e. The van der Waals surface area contributed by atoms with Gasteiger partial charge in [-0.25, -0.2) is 0 Å². The summed E-state index contributed by atoms with van der Waals surface area (Å²) >= 11 is 0. The maximum absolute atomic E-state index is 11.3. The van der Waals surface area contributed by atoms with Gasteiger partial charge in [-0.2, -0.15) is 0 Å². The third-order valence-electron chi connectivity index (χ3n) is 9.11. The fourth-order valence-electron chi connectivity index (χ4n) is 7.38. The maximum Gasteiger partial charge on any atom is 0.316 e. The minimum atomic E-state index is -0.831. The first-order valence-corrected chi connectivity index (χ1v) is 12.1. The number of esters is 2. The Morgan fingerprint density at radius 1 is 0.941 bits per heavy atom. The van der Waals surface area contributed by atoms with Gasteiger partial charge in [0.05, 0.1) is 30.1 Å². The van der Waals surface area contributed by atoms with Crippen LogP contribution in [0.25, 0.3) is 0 Å². The third-order valence-corrected chi connectivity index (χ3v) is 9.11. The maximum atomic E-state index is 11.3. The van der Waals surface area contributed by atoms with E-state index in [4.69, 9.17) is 9.47 Å². The SMILES string of the molecule is CC(=O)OC#CC1CC[C@@]2(C)C(=CC(O)[C@@H]3[C@H]2CC[C@]2(C)C(O)C(C#COC(C)=O)C[C@@H]32)C1O. The van der Waals surface area contributed by atoms with Gasteiger partial charge >= 0.3 is 11.9 Å². The summed E-state index contributed by atoms with van der Waals surface area (Å²) in [7, 11) is 0. The van der Waals surface area contributed by atoms with Crippen molar-refractivity contribution >= 4 is 11.9 Å². The van der Waals surface area contributed by atoms with Crippen molar-refractivity contribution in [2.24, 2.45) is 40.4 Å². The zero-order chi connectivity index (χ0) is 24.8. The molecule has 7 nitrogen and oxygen atoms in total. The largest absolute Gasteiger partial charge is 0.391 e. The number of carbonyl (C=O) groups excluding carboxylic acids is 2. The normalized spacial score (nSPS) is 44.5. The van der Waals surface area contributed by atoms with Crippen LogP contribution >= 0.6 is 0 Å². The van der Waals surface area contributed by atoms with Gasteiger partial charge in [0.25, 0.3) is 0 Å². The van der Waals surface area contributed by atoms with Crippen molar-refractivity contribution in [3.8, 4) is 24.1 Å². The number of fused-ring (bicyclic) bond motifs is 5. The fraction of sp³-hybridized carbons (Fsp3) is 0.704. The predicted octanol–water partition coefficient (Wildman–Crippen LogP) is 2.14. The molecule has 0 aromatic heterocycles. The topological polar surface area (TPSA) is 113 Å². The third kappa shape index (κ3) is 4.05. The van der Waals surface area contributed by atoms with Crippen LogP contribution in [0.4, 0.5) is 0 Å². The van der Waals surface area contributed by atoms with Crippen LogP contribution in [0, 0.1) is 64.5 Å². The van der Waals surface area contributed by atoms with E-state index in [1.807, 2.05) is 6.08 Å². The average Bonchev–Trinajstić information content (AvgIpc) is 3.01. The molecule has 0 heterocycles. The quantitative estimate of drug-likeness (QED) is 0.282. The average molecular weight is 471 g/mol. The van der Waals surface area contributed by atoms with Gasteiger partial charge in [-0.1, -0.05) is 31.8 Å². The molecule has 0 aromatic rings. The van der Waals surface area contributed by atoms with E-state index >= 15 is 0 Å². The van der Waals surface area contributed by atoms with Crippen LogP contribution in [-0.4, -0.2) is 45.6 Å². The molecule has 184 valence electrons. The molecular weight excluding hydrogens is 436 g/mol. The summed E-state index contributed by atoms with van der Waals surface area (Å²) in [6, 6.07) is 0. The standard InChI is InChI=1S/C27H34O7/c1-15(28)33-11-7-17-5-9-26(3)19-6-10-27(4)20(23(19)22(30)14-21(26)24(17)31)13-18(25(27)32)8-12-34-16(2)29/h14,17-20,22-25,30-32H,5-6,9-10,13H2,1-4H3/t17?,18?,19-,20+,22?,23-,24?,25?,26-,27+/m1/s1. The van der Waals surface area contributed by atoms with E-state index in [1.165, 1.54) is 13.8 Å². The van der Waals surface area contributed by atoms with Crippen molar-refractivity contribution in [2.45, 2.75) is 78.1 Å². The molecule has 3 N–H and O–H groups in total. The second kappa shape index (κ2) is 9.04. The molecule has 10 atom stereocenters. The molecule has 0 bridgehead atoms. The first kappa shape index (κ1) is 24.8. The van der Waals surface area contributed by atoms with Gasteiger partial charge in [0, 0.05) is 13.8 Å². The van der Waals surface area contributed by atoms with Crippen LogP contribution in [0.5, 0.6) is 0 Å². The molecule has 4 aliphatic carbocycles. The number of ether oxygens (including phenoxy) is 2. The highest BCUT2D eigenvalue weighted by Crippen LogP contribution is 2.65. The van der Waals surface area contributed by atoms with E-state index in [0.29, 0.717) is 12.8 Å². The summed E-state index contributed by atoms with van der Waals surface area (Å²) in [6.45, 7) is 6.83. The fourth-order valence-corrected chi connectivity index (χ4v) is 7.38. The Morgan fingerprint density at radius 3 is 2.18 bits per heavy atom. The van der Waals surface area contributed by atoms with Gasteiger partial charge < -0.3 is 24.8 Å². The predicted molar refractivity (Wildman–Crippen MR) is 122 cm³/mol. The van der Waals surface area contributed by atoms with Gasteiger partial charge in [0.1, 0.15) is 12.2 Å². The van der Waals surface area contributed by atoms with E-state index in [2.05, 4.69) is 37.9 Å². The monoisotopic (exact) mass is 470 g/mol. The van der Waals surface area contributed by atoms with Crippen LogP contribution in [0.15, 0.2) is 11.6 Å². The lowest BCUT2D eigenvalue weighted by Gasteiger charge is -2.59. The molecule has 7 heteroatoms. The molecule has 0 saturated heterocycles. The van der Waals surface area contributed by atoms with Crippen molar-refractivity contribution < 1.29 is 34.4 Å². The lowest BCUT2D eigenvalue weighted by Crippen LogP contribution is -2.56. The van der Waals surface area contributed by atoms with Gasteiger partial charge in [-0.3, -0.25) is 9.59 Å². The van der Waals surface area contributed by atoms with Crippen LogP contribution < -0.4 is 0 Å². The van der Waals surface area contributed by atoms with Crippen LogP contribution in [0.2, 0.25) is 0 Å². The van der Waals surface area contributed by atoms with E-state index in [0.717, 1.165) is 24.8 Å². The van der Waals surface area contributed by atoms with Gasteiger partial charge in [0.15, 0.2) is 0 Å². The zero-order valence-electron chi connectivity index (χ0n) is 20.2. The van der Waals surface area contributed by atoms with E-state index < -0.39 is 30.3 Å². The van der Waals surface area contributed by atoms with Crippen molar-refractivity contribution in [2.75, 3.05) is 0 Å². The minimum absolute atomic E-state index is 0.0566. The molecule has 4 aliphatic rings. The van der Waals surface area contributed by atoms with Crippen molar-refractivity contribution in [3.63, 3.8) is 0 Å². The van der Waals surface area contributed by atoms with Crippen molar-refractivity contribution in [3.05, 3.63) is 11.6 Å². The Kier molecular flexibility index (Phi) is 6.59. The summed E-state index contributed by atoms with van der Waals surface area (Å²) < 4.78 is 9.52. The Labute approximate surface area is 200 Å². The molecule has 5 unspecified atom stereocenters. The highest BCUT2D eigenvalue weighted by Gasteiger charge is 2.63. The van der Waals surface area contributed by atoms with E-state index in [9.17, 15) is 24.9 Å². The number of hydrogen-bond acceptors (Lipinski definition) is 7. The zero-order valence-corrected chi connectivity index (χ0v) is 20.2. The van der Waals surface area contributed by atoms with Crippen LogP contribution in [-0.2, 0) is 19.1 Å². The number of rotatable bonds is 0. The molecule has 0 spiro atoms. The molecule has 3 saturated carbocycles. The van der Waals surface area contributed by atoms with Crippen LogP contribution in [0.3, 0.4) is 0 Å². The first-order valence-electron chi connectivity index (χ1n) is 12.1. The van der Waals surface area contributed by atoms with E-state index in [-0.39, 0.29) is 40.4 Å². The highest BCUT2D eigenvalue weighted by molar-refractivity contribution is 5.67. The molecular formula is C27H34O7. The Hall–Kier alpha value is -2.32. The molecule has 0 aliphatic heterocycles. The molecule has 0 radical (unpaired) electrons. The number of carbonyl (C=O) groups is 2. The van der Waals surface area contributed by atoms with Gasteiger partial charge in [0.2, 0.25) is 0 Å². The molecule has 0 aromatic carbocycles. The van der Waals surface area contributed by atoms with Crippen LogP contribution in [0.1, 0.15) is 59.8 Å². The lowest BCUT2D eigenvalue weighted by molar-refractivity contribution is -0.135. The molecule has 0 amide bonds. The summed E-state index contributed by atoms with van der Waals surface area (Å²) in [5, 5.41) is 33.6. The summed E-state index contributed by atoms with van der Waals surface area (Å²) in [6.07, 6.45) is 8.15. The smallest absolute Gasteiger partial charge is 0.316 e. The summed E-state index contributed by atoms with van der Waals surface area (Å²) in [5.41, 5.74) is 0.157. The number of aliphatic hydroxyl groups excluding tert-OH is 3. The number of hydrogen-bond donors (Lipinski definition) is 3. The second-order valence-corrected chi connectivity index (χ2v) is 10.9. The number of aliphatic hydroxyl groups is 3. The molecule has 3 fully saturated rings. The Bertz CT molecular complexity index is 1010. The van der Waals surface area contributed by atoms with Crippen molar-refractivity contribution in [1.29, 1.82) is 0 Å². The Morgan fingerprint density at radius 2 is 1.56 bits per heavy atom. The highest BCUT2D eigenvalue weighted by atomic mass is 16.5. The first-order chi connectivity index (χ1) is 16.0. The van der Waals surface area contributed by atoms with E-state index in [1.54, 1.807) is 0 Å². The second-order valence-electron chi connectivity index (χ2n) is 10.9. The summed E-state index contributed by atoms with van der Waals surface area (Å²) in [5.74, 6) is 4.31. The molecule has 34 heavy (non-hydrogen) atoms. The Balaban J connectivity index is 1.61. The summed E-state index contributed by atoms with van der Waals surface area (Å²) in [4.78, 5) is 22.1. The molecule has 4 rings (SSSR count).